The number of nitrogens with two attached hydrogens (primary N) is 1. The number of aromatic nitrogens is 3. The first-order valence-corrected chi connectivity index (χ1v) is 9.34. The largest absolute Gasteiger partial charge is 0.464 e. The van der Waals surface area contributed by atoms with E-state index in [-0.39, 0.29) is 0 Å². The maximum absolute atomic E-state index is 11.8. The fourth-order valence-electron chi connectivity index (χ4n) is 3.56. The molecule has 30 heavy (non-hydrogen) atoms. The summed E-state index contributed by atoms with van der Waals surface area (Å²) < 4.78 is 5.57. The molecular formula is C23H17N5O2. The summed E-state index contributed by atoms with van der Waals surface area (Å²) in [7, 11) is 0. The Balaban J connectivity index is 1.68. The van der Waals surface area contributed by atoms with Gasteiger partial charge in [0, 0.05) is 35.2 Å². The molecule has 0 unspecified atom stereocenters. The third-order valence-corrected chi connectivity index (χ3v) is 5.02. The van der Waals surface area contributed by atoms with E-state index in [1.807, 2.05) is 31.2 Å². The number of benzene rings is 2. The Labute approximate surface area is 171 Å². The Kier molecular flexibility index (Phi) is 4.14. The molecule has 0 aliphatic rings. The Morgan fingerprint density at radius 3 is 2.80 bits per heavy atom. The lowest BCUT2D eigenvalue weighted by Gasteiger charge is -2.13. The Morgan fingerprint density at radius 1 is 1.07 bits per heavy atom. The molecule has 0 spiro atoms. The minimum atomic E-state index is -0.526. The van der Waals surface area contributed by atoms with Crippen LogP contribution in [0.4, 0.5) is 11.4 Å². The standard InChI is InChI=1S/C23H17N5O2/c1-13-12-30-21-3-2-14(8-17(13)21)18-9-15(10-19-22(18)27-7-6-26-19)28-20-11-25-5-4-16(20)23(24)29/h2-12,28H,1H3,(H2,24,29). The number of fused-ring (bicyclic) bond motifs is 2. The number of nitrogens with one attached hydrogen (secondary N) is 1. The van der Waals surface area contributed by atoms with Crippen molar-refractivity contribution in [2.75, 3.05) is 5.32 Å². The van der Waals surface area contributed by atoms with Crippen molar-refractivity contribution in [1.29, 1.82) is 0 Å². The number of pyridine rings is 1. The minimum Gasteiger partial charge on any atom is -0.464 e. The highest BCUT2D eigenvalue weighted by atomic mass is 16.3. The monoisotopic (exact) mass is 395 g/mol. The van der Waals surface area contributed by atoms with Gasteiger partial charge in [0.2, 0.25) is 0 Å². The van der Waals surface area contributed by atoms with Crippen LogP contribution in [0.5, 0.6) is 0 Å². The van der Waals surface area contributed by atoms with Crippen LogP contribution >= 0.6 is 0 Å². The van der Waals surface area contributed by atoms with Gasteiger partial charge in [-0.1, -0.05) is 6.07 Å². The van der Waals surface area contributed by atoms with Gasteiger partial charge in [-0.05, 0) is 48.4 Å². The van der Waals surface area contributed by atoms with E-state index in [2.05, 4.69) is 26.3 Å². The molecule has 7 nitrogen and oxygen atoms in total. The minimum absolute atomic E-state index is 0.362. The summed E-state index contributed by atoms with van der Waals surface area (Å²) in [5.74, 6) is -0.526. The average Bonchev–Trinajstić information content (AvgIpc) is 3.13. The molecule has 0 saturated carbocycles. The molecule has 1 amide bonds. The van der Waals surface area contributed by atoms with Crippen LogP contribution in [0.25, 0.3) is 33.1 Å². The van der Waals surface area contributed by atoms with Crippen molar-refractivity contribution in [1.82, 2.24) is 15.0 Å². The van der Waals surface area contributed by atoms with Gasteiger partial charge in [-0.2, -0.15) is 0 Å². The molecule has 5 rings (SSSR count). The van der Waals surface area contributed by atoms with Crippen LogP contribution in [0.1, 0.15) is 15.9 Å². The number of carbonyl (C=O) groups excluding carboxylic acids is 1. The van der Waals surface area contributed by atoms with Gasteiger partial charge in [-0.25, -0.2) is 0 Å². The average molecular weight is 395 g/mol. The number of aryl methyl sites for hydroxylation is 1. The molecule has 146 valence electrons. The molecule has 0 atom stereocenters. The van der Waals surface area contributed by atoms with Gasteiger partial charge in [-0.3, -0.25) is 19.7 Å². The first kappa shape index (κ1) is 17.8. The van der Waals surface area contributed by atoms with Crippen LogP contribution in [0, 0.1) is 6.92 Å². The van der Waals surface area contributed by atoms with Crippen LogP contribution in [0.3, 0.4) is 0 Å². The number of hydrogen-bond acceptors (Lipinski definition) is 6. The first-order chi connectivity index (χ1) is 14.6. The molecule has 0 saturated heterocycles. The van der Waals surface area contributed by atoms with E-state index in [9.17, 15) is 4.79 Å². The second-order valence-electron chi connectivity index (χ2n) is 6.99. The van der Waals surface area contributed by atoms with Crippen molar-refractivity contribution in [2.24, 2.45) is 5.73 Å². The summed E-state index contributed by atoms with van der Waals surface area (Å²) in [6, 6.07) is 11.5. The van der Waals surface area contributed by atoms with Crippen LogP contribution in [-0.2, 0) is 0 Å². The van der Waals surface area contributed by atoms with Crippen molar-refractivity contribution in [3.05, 3.63) is 78.6 Å². The van der Waals surface area contributed by atoms with Crippen molar-refractivity contribution in [3.63, 3.8) is 0 Å². The molecule has 0 radical (unpaired) electrons. The lowest BCUT2D eigenvalue weighted by Crippen LogP contribution is -2.13. The number of nitrogens with zero attached hydrogens (tertiary/aromatic N) is 3. The zero-order valence-corrected chi connectivity index (χ0v) is 16.1. The predicted octanol–water partition coefficient (Wildman–Crippen LogP) is 4.59. The van der Waals surface area contributed by atoms with Gasteiger partial charge in [-0.15, -0.1) is 0 Å². The quantitative estimate of drug-likeness (QED) is 0.461. The van der Waals surface area contributed by atoms with Gasteiger partial charge >= 0.3 is 0 Å². The number of hydrogen-bond donors (Lipinski definition) is 2. The van der Waals surface area contributed by atoms with Crippen molar-refractivity contribution >= 4 is 39.3 Å². The zero-order valence-electron chi connectivity index (χ0n) is 16.1. The Bertz CT molecular complexity index is 1420. The third kappa shape index (κ3) is 3.02. The van der Waals surface area contributed by atoms with Gasteiger partial charge in [0.1, 0.15) is 5.58 Å². The third-order valence-electron chi connectivity index (χ3n) is 5.02. The molecule has 3 aromatic heterocycles. The maximum Gasteiger partial charge on any atom is 0.250 e. The number of rotatable bonds is 4. The van der Waals surface area contributed by atoms with Gasteiger partial charge in [0.05, 0.1) is 34.7 Å². The van der Waals surface area contributed by atoms with E-state index in [1.54, 1.807) is 30.9 Å². The van der Waals surface area contributed by atoms with Crippen LogP contribution < -0.4 is 11.1 Å². The number of anilines is 2. The van der Waals surface area contributed by atoms with E-state index in [0.717, 1.165) is 44.4 Å². The smallest absolute Gasteiger partial charge is 0.250 e. The molecule has 0 fully saturated rings. The van der Waals surface area contributed by atoms with Crippen molar-refractivity contribution < 1.29 is 9.21 Å². The second-order valence-corrected chi connectivity index (χ2v) is 6.99. The zero-order chi connectivity index (χ0) is 20.7. The van der Waals surface area contributed by atoms with Crippen LogP contribution in [-0.4, -0.2) is 20.9 Å². The Hall–Kier alpha value is -4.26. The summed E-state index contributed by atoms with van der Waals surface area (Å²) in [5.41, 5.74) is 12.5. The van der Waals surface area contributed by atoms with Gasteiger partial charge in [0.25, 0.3) is 5.91 Å². The summed E-state index contributed by atoms with van der Waals surface area (Å²) in [4.78, 5) is 24.9. The van der Waals surface area contributed by atoms with Crippen LogP contribution in [0.15, 0.2) is 71.9 Å². The van der Waals surface area contributed by atoms with Crippen molar-refractivity contribution in [2.45, 2.75) is 6.92 Å². The summed E-state index contributed by atoms with van der Waals surface area (Å²) in [6.07, 6.45) is 8.18. The van der Waals surface area contributed by atoms with Gasteiger partial charge < -0.3 is 15.5 Å². The highest BCUT2D eigenvalue weighted by Gasteiger charge is 2.13. The maximum atomic E-state index is 11.8. The van der Waals surface area contributed by atoms with Gasteiger partial charge in [0.15, 0.2) is 0 Å². The molecule has 0 aliphatic heterocycles. The predicted molar refractivity (Wildman–Crippen MR) is 116 cm³/mol. The van der Waals surface area contributed by atoms with E-state index in [4.69, 9.17) is 10.2 Å². The highest BCUT2D eigenvalue weighted by molar-refractivity contribution is 6.01. The molecule has 0 bridgehead atoms. The number of carbonyl (C=O) groups is 1. The molecular weight excluding hydrogens is 378 g/mol. The first-order valence-electron chi connectivity index (χ1n) is 9.34. The second kappa shape index (κ2) is 6.97. The fourth-order valence-corrected chi connectivity index (χ4v) is 3.56. The van der Waals surface area contributed by atoms with Crippen molar-refractivity contribution in [3.8, 4) is 11.1 Å². The Morgan fingerprint density at radius 2 is 1.93 bits per heavy atom. The van der Waals surface area contributed by atoms with E-state index in [0.29, 0.717) is 11.3 Å². The molecule has 2 aromatic carbocycles. The summed E-state index contributed by atoms with van der Waals surface area (Å²) in [5, 5.41) is 4.30. The molecule has 7 heteroatoms. The highest BCUT2D eigenvalue weighted by Crippen LogP contribution is 2.34. The van der Waals surface area contributed by atoms with E-state index < -0.39 is 5.91 Å². The van der Waals surface area contributed by atoms with E-state index >= 15 is 0 Å². The van der Waals surface area contributed by atoms with Crippen LogP contribution in [0.2, 0.25) is 0 Å². The summed E-state index contributed by atoms with van der Waals surface area (Å²) in [6.45, 7) is 2.01. The number of furan rings is 1. The number of amides is 1. The molecule has 5 aromatic rings. The summed E-state index contributed by atoms with van der Waals surface area (Å²) >= 11 is 0. The molecule has 3 heterocycles. The number of primary amides is 1. The van der Waals surface area contributed by atoms with E-state index in [1.165, 1.54) is 6.20 Å². The fraction of sp³-hybridized carbons (Fsp3) is 0.0435. The topological polar surface area (TPSA) is 107 Å². The molecule has 0 aliphatic carbocycles. The normalized spacial score (nSPS) is 11.1. The lowest BCUT2D eigenvalue weighted by atomic mass is 10.0. The SMILES string of the molecule is Cc1coc2ccc(-c3cc(Nc4cnccc4C(N)=O)cc4nccnc34)cc12. The molecule has 3 N–H and O–H groups in total. The lowest BCUT2D eigenvalue weighted by molar-refractivity contribution is 0.100.